The third-order valence-electron chi connectivity index (χ3n) is 2.87. The number of hydrogen-bond acceptors (Lipinski definition) is 2. The normalized spacial score (nSPS) is 14.6. The molecular weight excluding hydrogens is 204 g/mol. The fourth-order valence-electron chi connectivity index (χ4n) is 2.13. The van der Waals surface area contributed by atoms with Gasteiger partial charge in [0.1, 0.15) is 5.69 Å². The van der Waals surface area contributed by atoms with Crippen LogP contribution in [-0.4, -0.2) is 17.0 Å². The number of nitrogens with one attached hydrogen (secondary N) is 1. The first kappa shape index (κ1) is 9.15. The molecule has 0 saturated heterocycles. The number of carbonyl (C=O) groups excluding carboxylic acids is 1. The van der Waals surface area contributed by atoms with Gasteiger partial charge < -0.3 is 9.88 Å². The van der Waals surface area contributed by atoms with Crippen molar-refractivity contribution in [3.8, 4) is 0 Å². The number of fused-ring (bicyclic) bond motifs is 3. The average molecular weight is 214 g/mol. The molecule has 0 bridgehead atoms. The summed E-state index contributed by atoms with van der Waals surface area (Å²) in [5, 5.41) is 3.40. The number of hydrogen-bond donors (Lipinski definition) is 1. The molecule has 3 rings (SSSR count). The van der Waals surface area contributed by atoms with Crippen LogP contribution in [0.2, 0.25) is 0 Å². The van der Waals surface area contributed by atoms with Crippen molar-refractivity contribution < 1.29 is 4.79 Å². The maximum absolute atomic E-state index is 11.8. The summed E-state index contributed by atoms with van der Waals surface area (Å²) in [5.74, 6) is -0.172. The van der Waals surface area contributed by atoms with Crippen LogP contribution in [0.1, 0.15) is 10.5 Å². The summed E-state index contributed by atoms with van der Waals surface area (Å²) in [5.41, 5.74) is 1.19. The van der Waals surface area contributed by atoms with Crippen molar-refractivity contribution in [2.45, 2.75) is 6.54 Å². The molecule has 0 saturated carbocycles. The smallest absolute Gasteiger partial charge is 0.268 e. The van der Waals surface area contributed by atoms with E-state index in [0.717, 1.165) is 5.52 Å². The van der Waals surface area contributed by atoms with E-state index in [0.29, 0.717) is 24.2 Å². The van der Waals surface area contributed by atoms with Crippen LogP contribution in [0.4, 0.5) is 0 Å². The van der Waals surface area contributed by atoms with Crippen LogP contribution in [0.15, 0.2) is 35.1 Å². The van der Waals surface area contributed by atoms with Crippen LogP contribution in [0.5, 0.6) is 0 Å². The van der Waals surface area contributed by atoms with E-state index < -0.39 is 0 Å². The highest BCUT2D eigenvalue weighted by Crippen LogP contribution is 2.14. The molecule has 1 aromatic heterocycles. The van der Waals surface area contributed by atoms with E-state index in [-0.39, 0.29) is 11.3 Å². The third-order valence-corrected chi connectivity index (χ3v) is 2.87. The summed E-state index contributed by atoms with van der Waals surface area (Å²) in [4.78, 5) is 23.4. The van der Waals surface area contributed by atoms with Gasteiger partial charge in [-0.15, -0.1) is 0 Å². The lowest BCUT2D eigenvalue weighted by Crippen LogP contribution is -2.37. The highest BCUT2D eigenvalue weighted by atomic mass is 16.2. The van der Waals surface area contributed by atoms with Gasteiger partial charge in [-0.2, -0.15) is 0 Å². The number of para-hydroxylation sites is 1. The second-order valence-electron chi connectivity index (χ2n) is 3.82. The molecule has 80 valence electrons. The summed E-state index contributed by atoms with van der Waals surface area (Å²) in [6.07, 6.45) is 0. The van der Waals surface area contributed by atoms with Gasteiger partial charge in [-0.05, 0) is 12.1 Å². The van der Waals surface area contributed by atoms with Crippen molar-refractivity contribution in [2.24, 2.45) is 0 Å². The average Bonchev–Trinajstić information content (AvgIpc) is 2.31. The Hall–Kier alpha value is -2.10. The Balaban J connectivity index is 2.48. The van der Waals surface area contributed by atoms with Crippen LogP contribution in [0.3, 0.4) is 0 Å². The largest absolute Gasteiger partial charge is 0.349 e. The number of nitrogens with zero attached hydrogens (tertiary/aromatic N) is 1. The summed E-state index contributed by atoms with van der Waals surface area (Å²) < 4.78 is 1.90. The van der Waals surface area contributed by atoms with Gasteiger partial charge in [-0.3, -0.25) is 9.59 Å². The molecule has 0 fully saturated rings. The van der Waals surface area contributed by atoms with Crippen LogP contribution in [0.25, 0.3) is 10.9 Å². The van der Waals surface area contributed by atoms with Crippen LogP contribution >= 0.6 is 0 Å². The molecule has 1 aromatic carbocycles. The van der Waals surface area contributed by atoms with E-state index in [4.69, 9.17) is 0 Å². The topological polar surface area (TPSA) is 51.1 Å². The molecule has 0 atom stereocenters. The lowest BCUT2D eigenvalue weighted by atomic mass is 10.1. The summed E-state index contributed by atoms with van der Waals surface area (Å²) in [7, 11) is 0. The molecule has 1 amide bonds. The molecule has 1 aliphatic heterocycles. The highest BCUT2D eigenvalue weighted by molar-refractivity contribution is 5.96. The van der Waals surface area contributed by atoms with E-state index in [9.17, 15) is 9.59 Å². The molecule has 2 heterocycles. The first-order valence-corrected chi connectivity index (χ1v) is 5.18. The van der Waals surface area contributed by atoms with E-state index in [1.807, 2.05) is 22.8 Å². The summed E-state index contributed by atoms with van der Waals surface area (Å²) in [6, 6.07) is 8.79. The van der Waals surface area contributed by atoms with Crippen LogP contribution in [-0.2, 0) is 6.54 Å². The fourth-order valence-corrected chi connectivity index (χ4v) is 2.13. The van der Waals surface area contributed by atoms with E-state index in [1.54, 1.807) is 6.07 Å². The predicted octanol–water partition coefficient (Wildman–Crippen LogP) is 0.745. The Morgan fingerprint density at radius 2 is 2.00 bits per heavy atom. The second kappa shape index (κ2) is 3.20. The molecule has 4 heteroatoms. The maximum Gasteiger partial charge on any atom is 0.268 e. The Morgan fingerprint density at radius 1 is 1.19 bits per heavy atom. The minimum Gasteiger partial charge on any atom is -0.349 e. The SMILES string of the molecule is O=C1NCCn2c1cc(=O)c1ccccc12. The molecule has 1 aliphatic rings. The molecule has 2 aromatic rings. The Bertz CT molecular complexity index is 643. The second-order valence-corrected chi connectivity index (χ2v) is 3.82. The summed E-state index contributed by atoms with van der Waals surface area (Å²) in [6.45, 7) is 1.32. The monoisotopic (exact) mass is 214 g/mol. The number of aromatic nitrogens is 1. The van der Waals surface area contributed by atoms with E-state index in [1.165, 1.54) is 6.07 Å². The van der Waals surface area contributed by atoms with E-state index >= 15 is 0 Å². The standard InChI is InChI=1S/C12H10N2O2/c15-11-7-10-12(16)13-5-6-14(10)9-4-2-1-3-8(9)11/h1-4,7H,5-6H2,(H,13,16). The third kappa shape index (κ3) is 1.16. The fraction of sp³-hybridized carbons (Fsp3) is 0.167. The quantitative estimate of drug-likeness (QED) is 0.703. The lowest BCUT2D eigenvalue weighted by Gasteiger charge is -2.21. The van der Waals surface area contributed by atoms with Gasteiger partial charge >= 0.3 is 0 Å². The van der Waals surface area contributed by atoms with Crippen molar-refractivity contribution >= 4 is 16.8 Å². The van der Waals surface area contributed by atoms with Gasteiger partial charge in [0, 0.05) is 24.5 Å². The number of pyridine rings is 1. The molecule has 16 heavy (non-hydrogen) atoms. The zero-order valence-corrected chi connectivity index (χ0v) is 8.56. The number of rotatable bonds is 0. The molecule has 0 spiro atoms. The minimum absolute atomic E-state index is 0.0982. The first-order valence-electron chi connectivity index (χ1n) is 5.18. The van der Waals surface area contributed by atoms with Crippen molar-refractivity contribution in [3.05, 3.63) is 46.2 Å². The van der Waals surface area contributed by atoms with E-state index in [2.05, 4.69) is 5.32 Å². The Morgan fingerprint density at radius 3 is 2.88 bits per heavy atom. The van der Waals surface area contributed by atoms with Crippen LogP contribution < -0.4 is 10.7 Å². The van der Waals surface area contributed by atoms with Crippen molar-refractivity contribution in [2.75, 3.05) is 6.54 Å². The number of amides is 1. The minimum atomic E-state index is -0.172. The molecule has 1 N–H and O–H groups in total. The lowest BCUT2D eigenvalue weighted by molar-refractivity contribution is 0.0928. The molecular formula is C12H10N2O2. The van der Waals surface area contributed by atoms with Gasteiger partial charge in [0.15, 0.2) is 5.43 Å². The zero-order chi connectivity index (χ0) is 11.1. The van der Waals surface area contributed by atoms with Crippen molar-refractivity contribution in [1.29, 1.82) is 0 Å². The zero-order valence-electron chi connectivity index (χ0n) is 8.56. The predicted molar refractivity (Wildman–Crippen MR) is 60.5 cm³/mol. The first-order chi connectivity index (χ1) is 7.77. The van der Waals surface area contributed by atoms with Crippen molar-refractivity contribution in [1.82, 2.24) is 9.88 Å². The van der Waals surface area contributed by atoms with Gasteiger partial charge in [-0.25, -0.2) is 0 Å². The van der Waals surface area contributed by atoms with Crippen LogP contribution in [0, 0.1) is 0 Å². The molecule has 4 nitrogen and oxygen atoms in total. The molecule has 0 unspecified atom stereocenters. The van der Waals surface area contributed by atoms with Crippen molar-refractivity contribution in [3.63, 3.8) is 0 Å². The number of benzene rings is 1. The Kier molecular flexibility index (Phi) is 1.83. The van der Waals surface area contributed by atoms with Gasteiger partial charge in [0.2, 0.25) is 0 Å². The summed E-state index contributed by atoms with van der Waals surface area (Å²) >= 11 is 0. The Labute approximate surface area is 91.5 Å². The van der Waals surface area contributed by atoms with Gasteiger partial charge in [0.05, 0.1) is 5.52 Å². The maximum atomic E-state index is 11.8. The molecule has 0 radical (unpaired) electrons. The molecule has 0 aliphatic carbocycles. The van der Waals surface area contributed by atoms with Gasteiger partial charge in [0.25, 0.3) is 5.91 Å². The van der Waals surface area contributed by atoms with Gasteiger partial charge in [-0.1, -0.05) is 12.1 Å². The highest BCUT2D eigenvalue weighted by Gasteiger charge is 2.18. The number of carbonyl (C=O) groups is 1.